The average Bonchev–Trinajstić information content (AvgIpc) is 2.37. The second-order valence-corrected chi connectivity index (χ2v) is 5.74. The maximum Gasteiger partial charge on any atom is 0.132 e. The van der Waals surface area contributed by atoms with Crippen molar-refractivity contribution in [2.75, 3.05) is 6.54 Å². The van der Waals surface area contributed by atoms with Gasteiger partial charge in [-0.1, -0.05) is 18.0 Å². The summed E-state index contributed by atoms with van der Waals surface area (Å²) < 4.78 is 0. The number of likely N-dealkylation sites (tertiary alicyclic amines) is 1. The number of hydrogen-bond donors (Lipinski definition) is 0. The van der Waals surface area contributed by atoms with Crippen LogP contribution in [0.2, 0.25) is 5.15 Å². The number of aromatic nitrogens is 2. The summed E-state index contributed by atoms with van der Waals surface area (Å²) >= 11 is 5.88. The van der Waals surface area contributed by atoms with Crippen LogP contribution in [0.15, 0.2) is 12.4 Å². The van der Waals surface area contributed by atoms with Gasteiger partial charge in [0.25, 0.3) is 0 Å². The number of halogens is 1. The molecule has 1 aliphatic heterocycles. The summed E-state index contributed by atoms with van der Waals surface area (Å²) in [4.78, 5) is 10.8. The van der Waals surface area contributed by atoms with Crippen molar-refractivity contribution >= 4 is 11.6 Å². The lowest BCUT2D eigenvalue weighted by atomic mass is 9.96. The molecule has 4 heteroatoms. The fourth-order valence-electron chi connectivity index (χ4n) is 2.83. The molecule has 1 fully saturated rings. The van der Waals surface area contributed by atoms with Gasteiger partial charge >= 0.3 is 0 Å². The van der Waals surface area contributed by atoms with E-state index in [1.807, 2.05) is 6.07 Å². The van der Waals surface area contributed by atoms with E-state index in [0.29, 0.717) is 17.2 Å². The zero-order chi connectivity index (χ0) is 13.0. The van der Waals surface area contributed by atoms with Crippen LogP contribution >= 0.6 is 11.6 Å². The Morgan fingerprint density at radius 2 is 2.22 bits per heavy atom. The highest BCUT2D eigenvalue weighted by atomic mass is 35.5. The number of aryl methyl sites for hydroxylation is 1. The number of nitrogens with zero attached hydrogens (tertiary/aromatic N) is 3. The van der Waals surface area contributed by atoms with Crippen molar-refractivity contribution in [3.05, 3.63) is 23.2 Å². The van der Waals surface area contributed by atoms with Gasteiger partial charge in [-0.2, -0.15) is 0 Å². The van der Waals surface area contributed by atoms with Crippen LogP contribution in [0.3, 0.4) is 0 Å². The SMILES string of the molecule is CC(C)N1CCCCC1CCc1cc(Cl)ncn1. The van der Waals surface area contributed by atoms with Crippen molar-refractivity contribution in [2.24, 2.45) is 0 Å². The molecule has 18 heavy (non-hydrogen) atoms. The first-order valence-electron chi connectivity index (χ1n) is 6.89. The third-order valence-electron chi connectivity index (χ3n) is 3.76. The van der Waals surface area contributed by atoms with E-state index in [0.717, 1.165) is 12.1 Å². The lowest BCUT2D eigenvalue weighted by Crippen LogP contribution is -2.44. The van der Waals surface area contributed by atoms with E-state index in [1.165, 1.54) is 32.2 Å². The van der Waals surface area contributed by atoms with Crippen LogP contribution in [0.1, 0.15) is 45.2 Å². The highest BCUT2D eigenvalue weighted by Gasteiger charge is 2.24. The van der Waals surface area contributed by atoms with Gasteiger partial charge in [-0.25, -0.2) is 9.97 Å². The van der Waals surface area contributed by atoms with Crippen LogP contribution in [0.25, 0.3) is 0 Å². The van der Waals surface area contributed by atoms with Crippen molar-refractivity contribution < 1.29 is 0 Å². The van der Waals surface area contributed by atoms with E-state index in [1.54, 1.807) is 6.33 Å². The summed E-state index contributed by atoms with van der Waals surface area (Å²) in [5, 5.41) is 0.546. The van der Waals surface area contributed by atoms with E-state index in [9.17, 15) is 0 Å². The fourth-order valence-corrected chi connectivity index (χ4v) is 3.00. The quantitative estimate of drug-likeness (QED) is 0.784. The summed E-state index contributed by atoms with van der Waals surface area (Å²) in [7, 11) is 0. The molecule has 0 amide bonds. The van der Waals surface area contributed by atoms with Crippen LogP contribution in [-0.2, 0) is 6.42 Å². The summed E-state index contributed by atoms with van der Waals surface area (Å²) in [6, 6.07) is 3.22. The Bertz CT molecular complexity index is 381. The average molecular weight is 268 g/mol. The number of hydrogen-bond acceptors (Lipinski definition) is 3. The molecule has 0 spiro atoms. The molecule has 100 valence electrons. The van der Waals surface area contributed by atoms with E-state index in [4.69, 9.17) is 11.6 Å². The van der Waals surface area contributed by atoms with Crippen LogP contribution in [-0.4, -0.2) is 33.5 Å². The van der Waals surface area contributed by atoms with Gasteiger partial charge in [-0.3, -0.25) is 4.90 Å². The van der Waals surface area contributed by atoms with Crippen LogP contribution < -0.4 is 0 Å². The lowest BCUT2D eigenvalue weighted by Gasteiger charge is -2.38. The van der Waals surface area contributed by atoms with E-state index < -0.39 is 0 Å². The Hall–Kier alpha value is -0.670. The van der Waals surface area contributed by atoms with Gasteiger partial charge in [-0.05, 0) is 52.1 Å². The number of piperidine rings is 1. The maximum absolute atomic E-state index is 5.88. The zero-order valence-corrected chi connectivity index (χ0v) is 12.0. The topological polar surface area (TPSA) is 29.0 Å². The molecular weight excluding hydrogens is 246 g/mol. The minimum absolute atomic E-state index is 0.546. The molecule has 0 aromatic carbocycles. The monoisotopic (exact) mass is 267 g/mol. The van der Waals surface area contributed by atoms with Gasteiger partial charge in [0.1, 0.15) is 11.5 Å². The first-order chi connectivity index (χ1) is 8.66. The predicted molar refractivity (Wildman–Crippen MR) is 74.8 cm³/mol. The van der Waals surface area contributed by atoms with Gasteiger partial charge in [0, 0.05) is 17.8 Å². The third kappa shape index (κ3) is 3.66. The molecule has 0 saturated carbocycles. The van der Waals surface area contributed by atoms with Gasteiger partial charge in [-0.15, -0.1) is 0 Å². The maximum atomic E-state index is 5.88. The molecule has 3 nitrogen and oxygen atoms in total. The van der Waals surface area contributed by atoms with Crippen molar-refractivity contribution in [2.45, 2.75) is 58.0 Å². The van der Waals surface area contributed by atoms with E-state index in [2.05, 4.69) is 28.7 Å². The van der Waals surface area contributed by atoms with Gasteiger partial charge in [0.2, 0.25) is 0 Å². The van der Waals surface area contributed by atoms with E-state index in [-0.39, 0.29) is 0 Å². The Kier molecular flexibility index (Phi) is 4.95. The smallest absolute Gasteiger partial charge is 0.132 e. The Morgan fingerprint density at radius 1 is 1.39 bits per heavy atom. The summed E-state index contributed by atoms with van der Waals surface area (Å²) in [5.41, 5.74) is 1.06. The third-order valence-corrected chi connectivity index (χ3v) is 3.97. The van der Waals surface area contributed by atoms with Crippen LogP contribution in [0.5, 0.6) is 0 Å². The molecule has 1 aromatic heterocycles. The van der Waals surface area contributed by atoms with Gasteiger partial charge in [0.15, 0.2) is 0 Å². The van der Waals surface area contributed by atoms with Crippen molar-refractivity contribution in [3.63, 3.8) is 0 Å². The van der Waals surface area contributed by atoms with Crippen molar-refractivity contribution in [1.29, 1.82) is 0 Å². The molecule has 0 N–H and O–H groups in total. The molecule has 1 unspecified atom stereocenters. The van der Waals surface area contributed by atoms with Crippen molar-refractivity contribution in [3.8, 4) is 0 Å². The lowest BCUT2D eigenvalue weighted by molar-refractivity contribution is 0.105. The molecular formula is C14H22ClN3. The van der Waals surface area contributed by atoms with Crippen molar-refractivity contribution in [1.82, 2.24) is 14.9 Å². The number of rotatable bonds is 4. The summed E-state index contributed by atoms with van der Waals surface area (Å²) in [6.07, 6.45) is 7.74. The summed E-state index contributed by atoms with van der Waals surface area (Å²) in [6.45, 7) is 5.83. The molecule has 0 aliphatic carbocycles. The predicted octanol–water partition coefficient (Wildman–Crippen LogP) is 3.33. The highest BCUT2D eigenvalue weighted by Crippen LogP contribution is 2.23. The Morgan fingerprint density at radius 3 is 2.94 bits per heavy atom. The molecule has 0 bridgehead atoms. The Balaban J connectivity index is 1.91. The molecule has 2 heterocycles. The molecule has 1 saturated heterocycles. The largest absolute Gasteiger partial charge is 0.298 e. The molecule has 1 aromatic rings. The highest BCUT2D eigenvalue weighted by molar-refractivity contribution is 6.29. The van der Waals surface area contributed by atoms with Gasteiger partial charge < -0.3 is 0 Å². The Labute approximate surface area is 115 Å². The molecule has 2 rings (SSSR count). The molecule has 0 radical (unpaired) electrons. The first kappa shape index (κ1) is 13.8. The van der Waals surface area contributed by atoms with Gasteiger partial charge in [0.05, 0.1) is 0 Å². The van der Waals surface area contributed by atoms with E-state index >= 15 is 0 Å². The normalized spacial score (nSPS) is 21.4. The van der Waals surface area contributed by atoms with Crippen LogP contribution in [0, 0.1) is 0 Å². The molecule has 1 atom stereocenters. The minimum atomic E-state index is 0.546. The summed E-state index contributed by atoms with van der Waals surface area (Å²) in [5.74, 6) is 0. The zero-order valence-electron chi connectivity index (χ0n) is 11.3. The van der Waals surface area contributed by atoms with Crippen LogP contribution in [0.4, 0.5) is 0 Å². The minimum Gasteiger partial charge on any atom is -0.298 e. The first-order valence-corrected chi connectivity index (χ1v) is 7.27. The second-order valence-electron chi connectivity index (χ2n) is 5.35. The molecule has 1 aliphatic rings. The fraction of sp³-hybridized carbons (Fsp3) is 0.714. The standard InChI is InChI=1S/C14H22ClN3/c1-11(2)18-8-4-3-5-13(18)7-6-12-9-14(15)17-10-16-12/h9-11,13H,3-8H2,1-2H3. The second kappa shape index (κ2) is 6.48.